The monoisotopic (exact) mass is 352 g/mol. The van der Waals surface area contributed by atoms with Gasteiger partial charge in [-0.15, -0.1) is 12.4 Å². The van der Waals surface area contributed by atoms with Crippen molar-refractivity contribution in [3.63, 3.8) is 0 Å². The Morgan fingerprint density at radius 1 is 1.17 bits per heavy atom. The molecule has 3 rings (SSSR count). The van der Waals surface area contributed by atoms with Crippen molar-refractivity contribution in [3.05, 3.63) is 35.1 Å². The highest BCUT2D eigenvalue weighted by Gasteiger charge is 2.38. The minimum absolute atomic E-state index is 0. The van der Waals surface area contributed by atoms with E-state index in [0.717, 1.165) is 51.5 Å². The van der Waals surface area contributed by atoms with Crippen molar-refractivity contribution in [2.75, 3.05) is 26.2 Å². The van der Waals surface area contributed by atoms with E-state index in [1.165, 1.54) is 12.1 Å². The molecule has 7 heteroatoms. The number of alkyl halides is 3. The van der Waals surface area contributed by atoms with Crippen LogP contribution < -0.4 is 5.32 Å². The molecule has 130 valence electrons. The molecule has 1 saturated carbocycles. The van der Waals surface area contributed by atoms with Gasteiger partial charge in [-0.05, 0) is 18.4 Å². The molecule has 1 aromatic rings. The Morgan fingerprint density at radius 3 is 2.39 bits per heavy atom. The Labute approximate surface area is 139 Å². The van der Waals surface area contributed by atoms with Crippen LogP contribution in [0.25, 0.3) is 0 Å². The highest BCUT2D eigenvalue weighted by atomic mass is 35.5. The Bertz CT molecular complexity index is 525. The Hall–Kier alpha value is -0.850. The summed E-state index contributed by atoms with van der Waals surface area (Å²) < 4.78 is 53.3. The van der Waals surface area contributed by atoms with Crippen LogP contribution in [0.1, 0.15) is 36.4 Å². The normalized spacial score (nSPS) is 20.9. The molecule has 23 heavy (non-hydrogen) atoms. The van der Waals surface area contributed by atoms with Crippen LogP contribution in [0.4, 0.5) is 17.6 Å². The Morgan fingerprint density at radius 2 is 1.83 bits per heavy atom. The van der Waals surface area contributed by atoms with E-state index in [2.05, 4.69) is 10.2 Å². The summed E-state index contributed by atoms with van der Waals surface area (Å²) in [7, 11) is 0. The van der Waals surface area contributed by atoms with E-state index in [-0.39, 0.29) is 24.0 Å². The third-order valence-electron chi connectivity index (χ3n) is 4.54. The summed E-state index contributed by atoms with van der Waals surface area (Å²) in [5, 5.41) is 3.22. The predicted molar refractivity (Wildman–Crippen MR) is 83.2 cm³/mol. The lowest BCUT2D eigenvalue weighted by atomic mass is 9.96. The maximum atomic E-state index is 14.5. The third kappa shape index (κ3) is 4.37. The summed E-state index contributed by atoms with van der Waals surface area (Å²) in [4.78, 5) is 2.12. The zero-order valence-corrected chi connectivity index (χ0v) is 13.5. The molecule has 2 nitrogen and oxygen atoms in total. The SMILES string of the molecule is Cl.Fc1c([C@@H](CC2CC2)N2CCNCC2)cccc1C(F)(F)F. The predicted octanol–water partition coefficient (Wildman–Crippen LogP) is 4.01. The fourth-order valence-corrected chi connectivity index (χ4v) is 3.16. The number of hydrogen-bond donors (Lipinski definition) is 1. The molecule has 0 amide bonds. The second kappa shape index (κ2) is 7.36. The van der Waals surface area contributed by atoms with Gasteiger partial charge in [0.05, 0.1) is 5.56 Å². The number of nitrogens with one attached hydrogen (secondary N) is 1. The van der Waals surface area contributed by atoms with E-state index < -0.39 is 17.6 Å². The first-order valence-electron chi connectivity index (χ1n) is 7.77. The lowest BCUT2D eigenvalue weighted by Gasteiger charge is -2.35. The lowest BCUT2D eigenvalue weighted by molar-refractivity contribution is -0.140. The van der Waals surface area contributed by atoms with Crippen LogP contribution >= 0.6 is 12.4 Å². The highest BCUT2D eigenvalue weighted by molar-refractivity contribution is 5.85. The summed E-state index contributed by atoms with van der Waals surface area (Å²) in [6.07, 6.45) is -1.70. The van der Waals surface area contributed by atoms with Gasteiger partial charge in [0.25, 0.3) is 0 Å². The van der Waals surface area contributed by atoms with E-state index in [1.807, 2.05) is 0 Å². The molecular formula is C16H21ClF4N2. The molecule has 0 radical (unpaired) electrons. The van der Waals surface area contributed by atoms with Crippen molar-refractivity contribution in [1.82, 2.24) is 10.2 Å². The van der Waals surface area contributed by atoms with Crippen molar-refractivity contribution in [1.29, 1.82) is 0 Å². The molecule has 0 unspecified atom stereocenters. The average Bonchev–Trinajstić information content (AvgIpc) is 3.29. The van der Waals surface area contributed by atoms with Crippen molar-refractivity contribution < 1.29 is 17.6 Å². The summed E-state index contributed by atoms with van der Waals surface area (Å²) in [6, 6.07) is 3.41. The first-order chi connectivity index (χ1) is 10.5. The van der Waals surface area contributed by atoms with Gasteiger partial charge < -0.3 is 5.32 Å². The Balaban J connectivity index is 0.00000192. The summed E-state index contributed by atoms with van der Waals surface area (Å²) >= 11 is 0. The fourth-order valence-electron chi connectivity index (χ4n) is 3.16. The minimum Gasteiger partial charge on any atom is -0.314 e. The van der Waals surface area contributed by atoms with Crippen molar-refractivity contribution in [2.24, 2.45) is 5.92 Å². The second-order valence-electron chi connectivity index (χ2n) is 6.19. The maximum absolute atomic E-state index is 14.5. The molecule has 1 N–H and O–H groups in total. The molecule has 1 heterocycles. The van der Waals surface area contributed by atoms with Crippen molar-refractivity contribution in [2.45, 2.75) is 31.5 Å². The van der Waals surface area contributed by atoms with Gasteiger partial charge in [0.2, 0.25) is 0 Å². The van der Waals surface area contributed by atoms with E-state index in [0.29, 0.717) is 5.92 Å². The van der Waals surface area contributed by atoms with Gasteiger partial charge >= 0.3 is 6.18 Å². The second-order valence-corrected chi connectivity index (χ2v) is 6.19. The summed E-state index contributed by atoms with van der Waals surface area (Å²) in [5.74, 6) is -0.576. The number of nitrogens with zero attached hydrogens (tertiary/aromatic N) is 1. The molecule has 0 aromatic heterocycles. The molecule has 1 saturated heterocycles. The number of piperazine rings is 1. The van der Waals surface area contributed by atoms with E-state index in [9.17, 15) is 17.6 Å². The molecule has 1 aromatic carbocycles. The first-order valence-corrected chi connectivity index (χ1v) is 7.77. The summed E-state index contributed by atoms with van der Waals surface area (Å²) in [6.45, 7) is 3.07. The van der Waals surface area contributed by atoms with Gasteiger partial charge in [0.1, 0.15) is 5.82 Å². The molecule has 1 atom stereocenters. The Kier molecular flexibility index (Phi) is 5.92. The number of rotatable bonds is 4. The first kappa shape index (κ1) is 18.5. The lowest BCUT2D eigenvalue weighted by Crippen LogP contribution is -2.45. The van der Waals surface area contributed by atoms with Crippen LogP contribution in [-0.4, -0.2) is 31.1 Å². The third-order valence-corrected chi connectivity index (χ3v) is 4.54. The van der Waals surface area contributed by atoms with Crippen LogP contribution in [-0.2, 0) is 6.18 Å². The molecule has 2 aliphatic rings. The van der Waals surface area contributed by atoms with Gasteiger partial charge in [0.15, 0.2) is 0 Å². The van der Waals surface area contributed by atoms with Crippen LogP contribution in [0.5, 0.6) is 0 Å². The van der Waals surface area contributed by atoms with E-state index >= 15 is 0 Å². The standard InChI is InChI=1S/C16H20F4N2.ClH/c17-15-12(2-1-3-13(15)16(18,19)20)14(10-11-4-5-11)22-8-6-21-7-9-22;/h1-3,11,14,21H,4-10H2;1H/t14-;/m1./s1. The zero-order valence-electron chi connectivity index (χ0n) is 12.7. The van der Waals surface area contributed by atoms with E-state index in [4.69, 9.17) is 0 Å². The van der Waals surface area contributed by atoms with Crippen molar-refractivity contribution in [3.8, 4) is 0 Å². The molecule has 0 spiro atoms. The van der Waals surface area contributed by atoms with Gasteiger partial charge in [-0.3, -0.25) is 4.90 Å². The minimum atomic E-state index is -4.65. The van der Waals surface area contributed by atoms with Gasteiger partial charge in [-0.2, -0.15) is 13.2 Å². The quantitative estimate of drug-likeness (QED) is 0.824. The average molecular weight is 353 g/mol. The molecular weight excluding hydrogens is 332 g/mol. The van der Waals surface area contributed by atoms with Gasteiger partial charge in [0, 0.05) is 37.8 Å². The van der Waals surface area contributed by atoms with Crippen LogP contribution in [0.2, 0.25) is 0 Å². The fraction of sp³-hybridized carbons (Fsp3) is 0.625. The molecule has 1 aliphatic heterocycles. The number of hydrogen-bond acceptors (Lipinski definition) is 2. The van der Waals surface area contributed by atoms with Crippen LogP contribution in [0, 0.1) is 11.7 Å². The number of halogens is 5. The molecule has 2 fully saturated rings. The highest BCUT2D eigenvalue weighted by Crippen LogP contribution is 2.42. The maximum Gasteiger partial charge on any atom is 0.419 e. The van der Waals surface area contributed by atoms with E-state index in [1.54, 1.807) is 0 Å². The van der Waals surface area contributed by atoms with Gasteiger partial charge in [-0.1, -0.05) is 25.0 Å². The topological polar surface area (TPSA) is 15.3 Å². The zero-order chi connectivity index (χ0) is 15.7. The molecule has 0 bridgehead atoms. The van der Waals surface area contributed by atoms with Crippen molar-refractivity contribution >= 4 is 12.4 Å². The van der Waals surface area contributed by atoms with Crippen LogP contribution in [0.15, 0.2) is 18.2 Å². The number of benzene rings is 1. The largest absolute Gasteiger partial charge is 0.419 e. The molecule has 1 aliphatic carbocycles. The van der Waals surface area contributed by atoms with Gasteiger partial charge in [-0.25, -0.2) is 4.39 Å². The smallest absolute Gasteiger partial charge is 0.314 e. The van der Waals surface area contributed by atoms with Crippen LogP contribution in [0.3, 0.4) is 0 Å². The summed E-state index contributed by atoms with van der Waals surface area (Å²) in [5.41, 5.74) is -0.954.